The van der Waals surface area contributed by atoms with Crippen LogP contribution in [0.4, 0.5) is 10.1 Å². The molecule has 0 saturated heterocycles. The summed E-state index contributed by atoms with van der Waals surface area (Å²) < 4.78 is 15.2. The van der Waals surface area contributed by atoms with Crippen LogP contribution in [0.25, 0.3) is 11.0 Å². The topological polar surface area (TPSA) is 29.9 Å². The van der Waals surface area contributed by atoms with Crippen molar-refractivity contribution in [1.29, 1.82) is 0 Å². The fraction of sp³-hybridized carbons (Fsp3) is 0.235. The Kier molecular flexibility index (Phi) is 3.60. The lowest BCUT2D eigenvalue weighted by molar-refractivity contribution is 0.628. The van der Waals surface area contributed by atoms with Crippen LogP contribution in [0.3, 0.4) is 0 Å². The zero-order valence-corrected chi connectivity index (χ0v) is 12.2. The predicted molar refractivity (Wildman–Crippen MR) is 84.0 cm³/mol. The van der Waals surface area contributed by atoms with E-state index in [0.717, 1.165) is 35.5 Å². The van der Waals surface area contributed by atoms with E-state index in [1.807, 2.05) is 23.7 Å². The lowest BCUT2D eigenvalue weighted by Gasteiger charge is -2.09. The molecule has 3 rings (SSSR count). The quantitative estimate of drug-likeness (QED) is 0.791. The fourth-order valence-electron chi connectivity index (χ4n) is 2.52. The highest BCUT2D eigenvalue weighted by molar-refractivity contribution is 5.76. The van der Waals surface area contributed by atoms with E-state index >= 15 is 0 Å². The van der Waals surface area contributed by atoms with Gasteiger partial charge in [-0.05, 0) is 36.8 Å². The summed E-state index contributed by atoms with van der Waals surface area (Å²) in [4.78, 5) is 4.56. The first-order chi connectivity index (χ1) is 10.1. The average Bonchev–Trinajstić information content (AvgIpc) is 2.78. The summed E-state index contributed by atoms with van der Waals surface area (Å²) in [6.45, 7) is 2.88. The van der Waals surface area contributed by atoms with Crippen LogP contribution < -0.4 is 5.32 Å². The van der Waals surface area contributed by atoms with Crippen molar-refractivity contribution in [2.24, 2.45) is 7.05 Å². The second-order valence-electron chi connectivity index (χ2n) is 5.21. The van der Waals surface area contributed by atoms with Crippen LogP contribution in [0.5, 0.6) is 0 Å². The van der Waals surface area contributed by atoms with Crippen LogP contribution in [0.15, 0.2) is 42.5 Å². The van der Waals surface area contributed by atoms with E-state index in [9.17, 15) is 4.39 Å². The van der Waals surface area contributed by atoms with Gasteiger partial charge in [0.1, 0.15) is 11.6 Å². The minimum absolute atomic E-state index is 0.227. The molecule has 0 saturated carbocycles. The molecule has 0 aliphatic rings. The minimum Gasteiger partial charge on any atom is -0.384 e. The number of halogens is 1. The van der Waals surface area contributed by atoms with Crippen molar-refractivity contribution in [1.82, 2.24) is 9.55 Å². The number of hydrogen-bond acceptors (Lipinski definition) is 2. The number of nitrogens with one attached hydrogen (secondary N) is 1. The van der Waals surface area contributed by atoms with Crippen molar-refractivity contribution >= 4 is 16.7 Å². The lowest BCUT2D eigenvalue weighted by Crippen LogP contribution is -2.09. The number of rotatable bonds is 4. The summed E-state index contributed by atoms with van der Waals surface area (Å²) in [5.41, 5.74) is 4.04. The molecule has 108 valence electrons. The first-order valence-corrected chi connectivity index (χ1v) is 7.05. The van der Waals surface area contributed by atoms with Gasteiger partial charge in [-0.1, -0.05) is 18.2 Å². The van der Waals surface area contributed by atoms with E-state index in [2.05, 4.69) is 29.4 Å². The maximum atomic E-state index is 13.3. The number of benzene rings is 2. The third-order valence-electron chi connectivity index (χ3n) is 3.74. The summed E-state index contributed by atoms with van der Waals surface area (Å²) in [5, 5.41) is 3.42. The van der Waals surface area contributed by atoms with Gasteiger partial charge in [0.25, 0.3) is 0 Å². The second kappa shape index (κ2) is 5.56. The molecule has 0 amide bonds. The number of fused-ring (bicyclic) bond motifs is 1. The number of hydrogen-bond donors (Lipinski definition) is 1. The molecule has 4 heteroatoms. The Morgan fingerprint density at radius 3 is 2.81 bits per heavy atom. The molecule has 0 unspecified atom stereocenters. The van der Waals surface area contributed by atoms with Gasteiger partial charge in [0.15, 0.2) is 0 Å². The van der Waals surface area contributed by atoms with E-state index in [4.69, 9.17) is 0 Å². The maximum absolute atomic E-state index is 13.3. The highest BCUT2D eigenvalue weighted by Gasteiger charge is 2.08. The van der Waals surface area contributed by atoms with Crippen LogP contribution in [0.1, 0.15) is 11.4 Å². The molecule has 0 radical (unpaired) electrons. The molecule has 2 aromatic carbocycles. The first-order valence-electron chi connectivity index (χ1n) is 7.05. The Morgan fingerprint density at radius 2 is 2.00 bits per heavy atom. The van der Waals surface area contributed by atoms with Gasteiger partial charge in [0.2, 0.25) is 0 Å². The largest absolute Gasteiger partial charge is 0.384 e. The van der Waals surface area contributed by atoms with Gasteiger partial charge in [-0.3, -0.25) is 0 Å². The summed E-state index contributed by atoms with van der Waals surface area (Å²) >= 11 is 0. The van der Waals surface area contributed by atoms with Gasteiger partial charge < -0.3 is 9.88 Å². The molecule has 0 spiro atoms. The van der Waals surface area contributed by atoms with Crippen LogP contribution >= 0.6 is 0 Å². The number of para-hydroxylation sites is 1. The monoisotopic (exact) mass is 283 g/mol. The third kappa shape index (κ3) is 2.75. The van der Waals surface area contributed by atoms with Crippen molar-refractivity contribution in [2.45, 2.75) is 13.3 Å². The Labute approximate surface area is 123 Å². The molecular formula is C17H18FN3. The van der Waals surface area contributed by atoms with Crippen LogP contribution in [0.2, 0.25) is 0 Å². The van der Waals surface area contributed by atoms with E-state index < -0.39 is 0 Å². The number of anilines is 1. The predicted octanol–water partition coefficient (Wildman–Crippen LogP) is 3.68. The van der Waals surface area contributed by atoms with Crippen LogP contribution in [-0.2, 0) is 13.5 Å². The van der Waals surface area contributed by atoms with Crippen molar-refractivity contribution in [3.8, 4) is 0 Å². The highest BCUT2D eigenvalue weighted by atomic mass is 19.1. The van der Waals surface area contributed by atoms with E-state index in [1.54, 1.807) is 6.07 Å². The van der Waals surface area contributed by atoms with Crippen LogP contribution in [0, 0.1) is 12.7 Å². The fourth-order valence-corrected chi connectivity index (χ4v) is 2.52. The van der Waals surface area contributed by atoms with E-state index in [-0.39, 0.29) is 5.82 Å². The zero-order valence-electron chi connectivity index (χ0n) is 12.2. The molecule has 3 nitrogen and oxygen atoms in total. The maximum Gasteiger partial charge on any atom is 0.125 e. The second-order valence-corrected chi connectivity index (χ2v) is 5.21. The summed E-state index contributed by atoms with van der Waals surface area (Å²) in [7, 11) is 1.93. The third-order valence-corrected chi connectivity index (χ3v) is 3.74. The smallest absolute Gasteiger partial charge is 0.125 e. The summed E-state index contributed by atoms with van der Waals surface area (Å²) in [6, 6.07) is 12.9. The number of aromatic nitrogens is 2. The zero-order chi connectivity index (χ0) is 14.8. The lowest BCUT2D eigenvalue weighted by atomic mass is 10.2. The molecule has 0 atom stereocenters. The summed E-state index contributed by atoms with van der Waals surface area (Å²) in [5.74, 6) is 0.728. The number of aryl methyl sites for hydroxylation is 2. The standard InChI is InChI=1S/C17H18FN3/c1-12-5-3-4-6-14(12)19-10-9-17-20-15-8-7-13(18)11-16(15)21(17)2/h3-8,11,19H,9-10H2,1-2H3. The molecular weight excluding hydrogens is 265 g/mol. The molecule has 3 aromatic rings. The van der Waals surface area contributed by atoms with Crippen LogP contribution in [-0.4, -0.2) is 16.1 Å². The van der Waals surface area contributed by atoms with Gasteiger partial charge >= 0.3 is 0 Å². The van der Waals surface area contributed by atoms with Gasteiger partial charge in [-0.15, -0.1) is 0 Å². The van der Waals surface area contributed by atoms with Gasteiger partial charge in [-0.25, -0.2) is 9.37 Å². The summed E-state index contributed by atoms with van der Waals surface area (Å²) in [6.07, 6.45) is 0.793. The molecule has 1 aromatic heterocycles. The molecule has 0 aliphatic heterocycles. The van der Waals surface area contributed by atoms with E-state index in [1.165, 1.54) is 17.7 Å². The SMILES string of the molecule is Cc1ccccc1NCCc1nc2ccc(F)cc2n1C. The Morgan fingerprint density at radius 1 is 1.19 bits per heavy atom. The number of imidazole rings is 1. The average molecular weight is 283 g/mol. The molecule has 0 bridgehead atoms. The molecule has 0 aliphatic carbocycles. The Balaban J connectivity index is 1.74. The normalized spacial score (nSPS) is 11.0. The van der Waals surface area contributed by atoms with Crippen molar-refractivity contribution in [2.75, 3.05) is 11.9 Å². The van der Waals surface area contributed by atoms with Crippen molar-refractivity contribution in [3.63, 3.8) is 0 Å². The van der Waals surface area contributed by atoms with Gasteiger partial charge in [0.05, 0.1) is 11.0 Å². The molecule has 21 heavy (non-hydrogen) atoms. The Bertz CT molecular complexity index is 777. The molecule has 1 heterocycles. The Hall–Kier alpha value is -2.36. The molecule has 1 N–H and O–H groups in total. The van der Waals surface area contributed by atoms with Crippen molar-refractivity contribution in [3.05, 3.63) is 59.7 Å². The molecule has 0 fully saturated rings. The highest BCUT2D eigenvalue weighted by Crippen LogP contribution is 2.17. The minimum atomic E-state index is -0.227. The number of nitrogens with zero attached hydrogens (tertiary/aromatic N) is 2. The van der Waals surface area contributed by atoms with Crippen molar-refractivity contribution < 1.29 is 4.39 Å². The van der Waals surface area contributed by atoms with Gasteiger partial charge in [0, 0.05) is 25.7 Å². The van der Waals surface area contributed by atoms with Gasteiger partial charge in [-0.2, -0.15) is 0 Å². The first kappa shape index (κ1) is 13.6. The van der Waals surface area contributed by atoms with E-state index in [0.29, 0.717) is 0 Å².